The lowest BCUT2D eigenvalue weighted by atomic mass is 9.94. The maximum atomic E-state index is 13.7. The van der Waals surface area contributed by atoms with E-state index < -0.39 is 6.04 Å². The summed E-state index contributed by atoms with van der Waals surface area (Å²) in [6.45, 7) is 0. The van der Waals surface area contributed by atoms with Crippen molar-refractivity contribution in [2.45, 2.75) is 69.5 Å². The average Bonchev–Trinajstić information content (AvgIpc) is 3.59. The van der Waals surface area contributed by atoms with Crippen molar-refractivity contribution in [2.24, 2.45) is 0 Å². The SMILES string of the molecule is O=C(NC1CCCCC1)[C@@H](c1ccc(O)cc1)N(C(=O)Cc1c[nH]c2ccccc12)C1CC1. The summed E-state index contributed by atoms with van der Waals surface area (Å²) >= 11 is 0. The van der Waals surface area contributed by atoms with E-state index >= 15 is 0 Å². The van der Waals surface area contributed by atoms with E-state index in [4.69, 9.17) is 0 Å². The smallest absolute Gasteiger partial charge is 0.247 e. The number of hydrogen-bond donors (Lipinski definition) is 3. The molecule has 1 heterocycles. The molecule has 5 rings (SSSR count). The van der Waals surface area contributed by atoms with E-state index in [2.05, 4.69) is 10.3 Å². The Morgan fingerprint density at radius 1 is 1.00 bits per heavy atom. The van der Waals surface area contributed by atoms with E-state index in [0.717, 1.165) is 60.6 Å². The molecule has 3 N–H and O–H groups in total. The number of aromatic amines is 1. The Hall–Kier alpha value is -3.28. The number of fused-ring (bicyclic) bond motifs is 1. The summed E-state index contributed by atoms with van der Waals surface area (Å²) in [7, 11) is 0. The Kier molecular flexibility index (Phi) is 6.07. The minimum atomic E-state index is -0.697. The topological polar surface area (TPSA) is 85.4 Å². The van der Waals surface area contributed by atoms with Crippen LogP contribution in [0, 0.1) is 0 Å². The van der Waals surface area contributed by atoms with Gasteiger partial charge in [0.1, 0.15) is 11.8 Å². The fourth-order valence-corrected chi connectivity index (χ4v) is 5.07. The third-order valence-corrected chi connectivity index (χ3v) is 6.93. The third kappa shape index (κ3) is 4.75. The molecular formula is C27H31N3O3. The molecule has 2 fully saturated rings. The number of carbonyl (C=O) groups is 2. The van der Waals surface area contributed by atoms with Crippen LogP contribution in [0.2, 0.25) is 0 Å². The molecule has 1 aromatic heterocycles. The van der Waals surface area contributed by atoms with Gasteiger partial charge in [0.25, 0.3) is 0 Å². The van der Waals surface area contributed by atoms with Gasteiger partial charge in [0, 0.05) is 29.2 Å². The molecule has 0 saturated heterocycles. The van der Waals surface area contributed by atoms with Crippen LogP contribution in [0.5, 0.6) is 5.75 Å². The molecule has 6 heteroatoms. The Morgan fingerprint density at radius 2 is 1.73 bits per heavy atom. The number of hydrogen-bond acceptors (Lipinski definition) is 3. The number of aromatic nitrogens is 1. The maximum absolute atomic E-state index is 13.7. The molecule has 0 spiro atoms. The predicted octanol–water partition coefficient (Wildman–Crippen LogP) is 4.60. The molecule has 2 aromatic carbocycles. The third-order valence-electron chi connectivity index (χ3n) is 6.93. The van der Waals surface area contributed by atoms with Crippen LogP contribution in [0.3, 0.4) is 0 Å². The van der Waals surface area contributed by atoms with E-state index in [1.54, 1.807) is 29.2 Å². The molecule has 0 unspecified atom stereocenters. The van der Waals surface area contributed by atoms with Crippen LogP contribution in [0.15, 0.2) is 54.7 Å². The molecule has 2 aliphatic carbocycles. The molecule has 2 saturated carbocycles. The van der Waals surface area contributed by atoms with E-state index in [0.29, 0.717) is 0 Å². The molecule has 2 aliphatic rings. The summed E-state index contributed by atoms with van der Waals surface area (Å²) in [5.74, 6) is -0.0147. The van der Waals surface area contributed by atoms with Crippen LogP contribution in [-0.2, 0) is 16.0 Å². The van der Waals surface area contributed by atoms with Crippen LogP contribution in [-0.4, -0.2) is 38.9 Å². The second-order valence-electron chi connectivity index (χ2n) is 9.41. The molecule has 0 radical (unpaired) electrons. The second kappa shape index (κ2) is 9.30. The van der Waals surface area contributed by atoms with Crippen LogP contribution < -0.4 is 5.32 Å². The van der Waals surface area contributed by atoms with Gasteiger partial charge >= 0.3 is 0 Å². The molecule has 1 atom stereocenters. The number of aromatic hydroxyl groups is 1. The van der Waals surface area contributed by atoms with Crippen molar-refractivity contribution in [2.75, 3.05) is 0 Å². The van der Waals surface area contributed by atoms with Gasteiger partial charge in [-0.05, 0) is 55.0 Å². The van der Waals surface area contributed by atoms with Crippen molar-refractivity contribution in [3.05, 3.63) is 65.9 Å². The minimum absolute atomic E-state index is 0.0425. The number of nitrogens with zero attached hydrogens (tertiary/aromatic N) is 1. The molecule has 2 amide bonds. The highest BCUT2D eigenvalue weighted by Gasteiger charge is 2.41. The molecule has 0 bridgehead atoms. The normalized spacial score (nSPS) is 17.6. The molecule has 172 valence electrons. The van der Waals surface area contributed by atoms with Crippen molar-refractivity contribution in [3.8, 4) is 5.75 Å². The maximum Gasteiger partial charge on any atom is 0.247 e. The minimum Gasteiger partial charge on any atom is -0.508 e. The zero-order valence-electron chi connectivity index (χ0n) is 18.8. The largest absolute Gasteiger partial charge is 0.508 e. The zero-order valence-corrected chi connectivity index (χ0v) is 18.8. The molecule has 3 aromatic rings. The summed E-state index contributed by atoms with van der Waals surface area (Å²) in [6.07, 6.45) is 9.39. The fourth-order valence-electron chi connectivity index (χ4n) is 5.07. The number of phenols is 1. The van der Waals surface area contributed by atoms with Crippen molar-refractivity contribution >= 4 is 22.7 Å². The van der Waals surface area contributed by atoms with Gasteiger partial charge in [-0.3, -0.25) is 9.59 Å². The monoisotopic (exact) mass is 445 g/mol. The highest BCUT2D eigenvalue weighted by molar-refractivity contribution is 5.93. The lowest BCUT2D eigenvalue weighted by Gasteiger charge is -2.33. The van der Waals surface area contributed by atoms with Gasteiger partial charge in [-0.15, -0.1) is 0 Å². The van der Waals surface area contributed by atoms with Gasteiger partial charge in [-0.25, -0.2) is 0 Å². The second-order valence-corrected chi connectivity index (χ2v) is 9.41. The Morgan fingerprint density at radius 3 is 2.45 bits per heavy atom. The Labute approximate surface area is 194 Å². The van der Waals surface area contributed by atoms with Gasteiger partial charge in [0.15, 0.2) is 0 Å². The first-order valence-electron chi connectivity index (χ1n) is 12.1. The first-order chi connectivity index (χ1) is 16.1. The van der Waals surface area contributed by atoms with Gasteiger partial charge in [0.2, 0.25) is 11.8 Å². The number of H-pyrrole nitrogens is 1. The number of carbonyl (C=O) groups excluding carboxylic acids is 2. The van der Waals surface area contributed by atoms with Crippen molar-refractivity contribution in [1.82, 2.24) is 15.2 Å². The van der Waals surface area contributed by atoms with Crippen molar-refractivity contribution in [1.29, 1.82) is 0 Å². The first-order valence-corrected chi connectivity index (χ1v) is 12.1. The molecule has 0 aliphatic heterocycles. The van der Waals surface area contributed by atoms with Gasteiger partial charge in [-0.2, -0.15) is 0 Å². The van der Waals surface area contributed by atoms with Crippen LogP contribution >= 0.6 is 0 Å². The molecule has 6 nitrogen and oxygen atoms in total. The summed E-state index contributed by atoms with van der Waals surface area (Å²) < 4.78 is 0. The number of para-hydroxylation sites is 1. The number of amides is 2. The number of benzene rings is 2. The summed E-state index contributed by atoms with van der Waals surface area (Å²) in [6, 6.07) is 14.2. The van der Waals surface area contributed by atoms with Crippen molar-refractivity contribution < 1.29 is 14.7 Å². The van der Waals surface area contributed by atoms with E-state index in [9.17, 15) is 14.7 Å². The first kappa shape index (κ1) is 21.6. The summed E-state index contributed by atoms with van der Waals surface area (Å²) in [5, 5.41) is 14.1. The lowest BCUT2D eigenvalue weighted by molar-refractivity contribution is -0.141. The van der Waals surface area contributed by atoms with Gasteiger partial charge in [-0.1, -0.05) is 49.6 Å². The van der Waals surface area contributed by atoms with E-state index in [-0.39, 0.29) is 36.1 Å². The highest BCUT2D eigenvalue weighted by Crippen LogP contribution is 2.36. The van der Waals surface area contributed by atoms with Crippen LogP contribution in [0.1, 0.15) is 62.1 Å². The van der Waals surface area contributed by atoms with Crippen LogP contribution in [0.25, 0.3) is 10.9 Å². The van der Waals surface area contributed by atoms with E-state index in [1.807, 2.05) is 30.5 Å². The number of rotatable bonds is 7. The Balaban J connectivity index is 1.44. The van der Waals surface area contributed by atoms with Gasteiger partial charge < -0.3 is 20.3 Å². The number of phenolic OH excluding ortho intramolecular Hbond substituents is 1. The highest BCUT2D eigenvalue weighted by atomic mass is 16.3. The van der Waals surface area contributed by atoms with Crippen molar-refractivity contribution in [3.63, 3.8) is 0 Å². The average molecular weight is 446 g/mol. The number of nitrogens with one attached hydrogen (secondary N) is 2. The standard InChI is InChI=1S/C27H31N3O3/c31-22-14-10-18(11-15-22)26(27(33)29-20-6-2-1-3-7-20)30(21-12-13-21)25(32)16-19-17-28-24-9-5-4-8-23(19)24/h4-5,8-11,14-15,17,20-21,26,28,31H,1-3,6-7,12-13,16H2,(H,29,33)/t26-/m1/s1. The predicted molar refractivity (Wildman–Crippen MR) is 128 cm³/mol. The van der Waals surface area contributed by atoms with Crippen LogP contribution in [0.4, 0.5) is 0 Å². The Bertz CT molecular complexity index is 1130. The fraction of sp³-hybridized carbons (Fsp3) is 0.407. The zero-order chi connectivity index (χ0) is 22.8. The molecule has 33 heavy (non-hydrogen) atoms. The van der Waals surface area contributed by atoms with E-state index in [1.165, 1.54) is 6.42 Å². The quantitative estimate of drug-likeness (QED) is 0.497. The summed E-state index contributed by atoms with van der Waals surface area (Å²) in [4.78, 5) is 32.4. The van der Waals surface area contributed by atoms with Gasteiger partial charge in [0.05, 0.1) is 6.42 Å². The summed E-state index contributed by atoms with van der Waals surface area (Å²) in [5.41, 5.74) is 2.68. The lowest BCUT2D eigenvalue weighted by Crippen LogP contribution is -2.48. The molecular weight excluding hydrogens is 414 g/mol.